The van der Waals surface area contributed by atoms with Gasteiger partial charge in [0, 0.05) is 5.56 Å². The number of rotatable bonds is 2. The summed E-state index contributed by atoms with van der Waals surface area (Å²) in [6.07, 6.45) is -0.645. The Labute approximate surface area is 133 Å². The number of hydrazone groups is 1. The number of hydrogen-bond donors (Lipinski definition) is 1. The number of benzene rings is 1. The smallest absolute Gasteiger partial charge is 0.428 e. The Bertz CT molecular complexity index is 551. The topological polar surface area (TPSA) is 50.7 Å². The Morgan fingerprint density at radius 2 is 1.80 bits per heavy atom. The number of amides is 1. The van der Waals surface area contributed by atoms with E-state index in [2.05, 4.69) is 10.5 Å². The summed E-state index contributed by atoms with van der Waals surface area (Å²) in [7, 11) is 0. The lowest BCUT2D eigenvalue weighted by atomic mass is 10.1. The summed E-state index contributed by atoms with van der Waals surface area (Å²) in [5.41, 5.74) is 2.77. The molecule has 4 nitrogen and oxygen atoms in total. The van der Waals surface area contributed by atoms with Crippen molar-refractivity contribution in [1.29, 1.82) is 0 Å². The van der Waals surface area contributed by atoms with Gasteiger partial charge in [-0.25, -0.2) is 10.2 Å². The molecule has 0 atom stereocenters. The van der Waals surface area contributed by atoms with Gasteiger partial charge in [0.1, 0.15) is 5.60 Å². The molecule has 110 valence electrons. The van der Waals surface area contributed by atoms with Gasteiger partial charge in [-0.2, -0.15) is 5.10 Å². The first-order chi connectivity index (χ1) is 9.11. The number of nitrogens with one attached hydrogen (secondary N) is 1. The van der Waals surface area contributed by atoms with Crippen LogP contribution in [0.4, 0.5) is 4.79 Å². The molecule has 0 fully saturated rings. The number of halogens is 3. The molecule has 1 rings (SSSR count). The van der Waals surface area contributed by atoms with E-state index in [4.69, 9.17) is 39.5 Å². The highest BCUT2D eigenvalue weighted by molar-refractivity contribution is 6.49. The predicted molar refractivity (Wildman–Crippen MR) is 83.1 cm³/mol. The molecule has 20 heavy (non-hydrogen) atoms. The largest absolute Gasteiger partial charge is 0.443 e. The highest BCUT2D eigenvalue weighted by atomic mass is 35.5. The van der Waals surface area contributed by atoms with Crippen molar-refractivity contribution < 1.29 is 9.53 Å². The van der Waals surface area contributed by atoms with Gasteiger partial charge in [0.25, 0.3) is 0 Å². The van der Waals surface area contributed by atoms with Crippen LogP contribution in [0, 0.1) is 0 Å². The molecule has 0 aliphatic heterocycles. The van der Waals surface area contributed by atoms with E-state index in [9.17, 15) is 4.79 Å². The van der Waals surface area contributed by atoms with E-state index in [1.54, 1.807) is 39.8 Å². The zero-order valence-electron chi connectivity index (χ0n) is 11.6. The van der Waals surface area contributed by atoms with Crippen LogP contribution in [0.5, 0.6) is 0 Å². The van der Waals surface area contributed by atoms with Gasteiger partial charge >= 0.3 is 6.09 Å². The molecule has 1 amide bonds. The standard InChI is InChI=1S/C13H15Cl3N2O2/c1-7(17-18-12(19)20-13(2,3)4)8-5-6-9(14)11(16)10(8)15/h5-6H,1-4H3,(H,18,19)/b17-7-. The molecule has 0 spiro atoms. The minimum atomic E-state index is -0.645. The molecule has 0 saturated heterocycles. The average molecular weight is 338 g/mol. The molecule has 0 heterocycles. The Morgan fingerprint density at radius 3 is 2.35 bits per heavy atom. The van der Waals surface area contributed by atoms with Gasteiger partial charge in [0.2, 0.25) is 0 Å². The van der Waals surface area contributed by atoms with Crippen molar-refractivity contribution >= 4 is 46.6 Å². The van der Waals surface area contributed by atoms with Crippen LogP contribution >= 0.6 is 34.8 Å². The normalized spacial score (nSPS) is 12.2. The van der Waals surface area contributed by atoms with Crippen molar-refractivity contribution in [3.8, 4) is 0 Å². The second kappa shape index (κ2) is 6.66. The van der Waals surface area contributed by atoms with Crippen molar-refractivity contribution in [3.05, 3.63) is 32.8 Å². The summed E-state index contributed by atoms with van der Waals surface area (Å²) in [6, 6.07) is 3.28. The van der Waals surface area contributed by atoms with Gasteiger partial charge in [0.05, 0.1) is 20.8 Å². The van der Waals surface area contributed by atoms with Gasteiger partial charge in [-0.1, -0.05) is 40.9 Å². The summed E-state index contributed by atoms with van der Waals surface area (Å²) >= 11 is 17.9. The molecule has 1 N–H and O–H groups in total. The number of hydrogen-bond acceptors (Lipinski definition) is 3. The molecule has 0 bridgehead atoms. The summed E-state index contributed by atoms with van der Waals surface area (Å²) in [5, 5.41) is 4.80. The lowest BCUT2D eigenvalue weighted by Crippen LogP contribution is -2.30. The van der Waals surface area contributed by atoms with Crippen molar-refractivity contribution in [1.82, 2.24) is 5.43 Å². The van der Waals surface area contributed by atoms with E-state index in [1.807, 2.05) is 0 Å². The van der Waals surface area contributed by atoms with Crippen LogP contribution in [0.15, 0.2) is 17.2 Å². The van der Waals surface area contributed by atoms with Crippen LogP contribution < -0.4 is 5.43 Å². The second-order valence-electron chi connectivity index (χ2n) is 5.03. The van der Waals surface area contributed by atoms with Crippen LogP contribution in [-0.4, -0.2) is 17.4 Å². The molecule has 7 heteroatoms. The maximum Gasteiger partial charge on any atom is 0.428 e. The number of carbonyl (C=O) groups is 1. The number of nitrogens with zero attached hydrogens (tertiary/aromatic N) is 1. The maximum atomic E-state index is 11.5. The fraction of sp³-hybridized carbons (Fsp3) is 0.385. The van der Waals surface area contributed by atoms with Crippen molar-refractivity contribution in [2.24, 2.45) is 5.10 Å². The minimum absolute atomic E-state index is 0.248. The first kappa shape index (κ1) is 17.1. The summed E-state index contributed by atoms with van der Waals surface area (Å²) < 4.78 is 5.06. The van der Waals surface area contributed by atoms with Gasteiger partial charge < -0.3 is 4.74 Å². The zero-order chi connectivity index (χ0) is 15.5. The van der Waals surface area contributed by atoms with Crippen LogP contribution in [0.25, 0.3) is 0 Å². The van der Waals surface area contributed by atoms with E-state index in [0.29, 0.717) is 16.3 Å². The van der Waals surface area contributed by atoms with Crippen molar-refractivity contribution in [2.45, 2.75) is 33.3 Å². The predicted octanol–water partition coefficient (Wildman–Crippen LogP) is 4.90. The van der Waals surface area contributed by atoms with Crippen LogP contribution in [0.2, 0.25) is 15.1 Å². The zero-order valence-corrected chi connectivity index (χ0v) is 13.8. The van der Waals surface area contributed by atoms with Gasteiger partial charge in [-0.3, -0.25) is 0 Å². The first-order valence-corrected chi connectivity index (χ1v) is 6.92. The lowest BCUT2D eigenvalue weighted by Gasteiger charge is -2.18. The highest BCUT2D eigenvalue weighted by Crippen LogP contribution is 2.32. The Morgan fingerprint density at radius 1 is 1.20 bits per heavy atom. The Kier molecular flexibility index (Phi) is 5.68. The van der Waals surface area contributed by atoms with Gasteiger partial charge in [0.15, 0.2) is 0 Å². The molecule has 0 aliphatic rings. The molecule has 0 unspecified atom stereocenters. The highest BCUT2D eigenvalue weighted by Gasteiger charge is 2.16. The quantitative estimate of drug-likeness (QED) is 0.474. The van der Waals surface area contributed by atoms with Gasteiger partial charge in [-0.05, 0) is 33.8 Å². The number of carbonyl (C=O) groups excluding carboxylic acids is 1. The SMILES string of the molecule is C/C(=N/NC(=O)OC(C)(C)C)c1ccc(Cl)c(Cl)c1Cl. The molecule has 1 aromatic carbocycles. The summed E-state index contributed by atoms with van der Waals surface area (Å²) in [4.78, 5) is 11.5. The monoisotopic (exact) mass is 336 g/mol. The third-order valence-electron chi connectivity index (χ3n) is 2.14. The summed E-state index contributed by atoms with van der Waals surface area (Å²) in [5.74, 6) is 0. The third-order valence-corrected chi connectivity index (χ3v) is 3.43. The minimum Gasteiger partial charge on any atom is -0.443 e. The first-order valence-electron chi connectivity index (χ1n) is 5.79. The van der Waals surface area contributed by atoms with E-state index in [0.717, 1.165) is 0 Å². The van der Waals surface area contributed by atoms with Crippen LogP contribution in [0.3, 0.4) is 0 Å². The average Bonchev–Trinajstić information content (AvgIpc) is 2.31. The molecule has 1 aromatic rings. The van der Waals surface area contributed by atoms with Crippen LogP contribution in [0.1, 0.15) is 33.3 Å². The van der Waals surface area contributed by atoms with E-state index in [1.165, 1.54) is 0 Å². The van der Waals surface area contributed by atoms with Gasteiger partial charge in [-0.15, -0.1) is 0 Å². The molecular formula is C13H15Cl3N2O2. The number of ether oxygens (including phenoxy) is 1. The molecule has 0 aromatic heterocycles. The van der Waals surface area contributed by atoms with E-state index in [-0.39, 0.29) is 10.0 Å². The second-order valence-corrected chi connectivity index (χ2v) is 6.20. The molecule has 0 radical (unpaired) electrons. The summed E-state index contributed by atoms with van der Waals surface area (Å²) in [6.45, 7) is 6.97. The molecule has 0 aliphatic carbocycles. The van der Waals surface area contributed by atoms with Crippen molar-refractivity contribution in [2.75, 3.05) is 0 Å². The van der Waals surface area contributed by atoms with E-state index >= 15 is 0 Å². The molecular weight excluding hydrogens is 323 g/mol. The fourth-order valence-corrected chi connectivity index (χ4v) is 1.97. The third kappa shape index (κ3) is 4.85. The fourth-order valence-electron chi connectivity index (χ4n) is 1.30. The van der Waals surface area contributed by atoms with Crippen LogP contribution in [-0.2, 0) is 4.74 Å². The maximum absolute atomic E-state index is 11.5. The Balaban J connectivity index is 2.85. The van der Waals surface area contributed by atoms with E-state index < -0.39 is 11.7 Å². The van der Waals surface area contributed by atoms with Crippen molar-refractivity contribution in [3.63, 3.8) is 0 Å². The lowest BCUT2D eigenvalue weighted by molar-refractivity contribution is 0.0529. The molecule has 0 saturated carbocycles. The Hall–Kier alpha value is -0.970.